The molecule has 0 bridgehead atoms. The Morgan fingerprint density at radius 2 is 1.73 bits per heavy atom. The third kappa shape index (κ3) is 2.29. The first-order chi connectivity index (χ1) is 10.6. The Labute approximate surface area is 148 Å². The van der Waals surface area contributed by atoms with Gasteiger partial charge in [0.2, 0.25) is 0 Å². The van der Waals surface area contributed by atoms with Crippen LogP contribution in [0.5, 0.6) is 0 Å². The average molecular weight is 395 g/mol. The first-order valence-electron chi connectivity index (χ1n) is 7.31. The Balaban J connectivity index is 1.84. The van der Waals surface area contributed by atoms with Gasteiger partial charge >= 0.3 is 0 Å². The highest BCUT2D eigenvalue weighted by Crippen LogP contribution is 2.53. The first-order valence-corrected chi connectivity index (χ1v) is 8.86. The minimum absolute atomic E-state index is 0.247. The molecule has 4 heteroatoms. The lowest BCUT2D eigenvalue weighted by Crippen LogP contribution is -2.29. The van der Waals surface area contributed by atoms with Gasteiger partial charge in [0.15, 0.2) is 0 Å². The monoisotopic (exact) mass is 393 g/mol. The minimum atomic E-state index is 0.247. The number of anilines is 1. The van der Waals surface area contributed by atoms with Gasteiger partial charge in [0.1, 0.15) is 0 Å². The summed E-state index contributed by atoms with van der Waals surface area (Å²) in [7, 11) is 0. The molecule has 0 amide bonds. The lowest BCUT2D eigenvalue weighted by Gasteiger charge is -2.38. The molecular formula is C18H14BrCl2N. The van der Waals surface area contributed by atoms with Gasteiger partial charge in [-0.25, -0.2) is 0 Å². The Kier molecular flexibility index (Phi) is 3.72. The molecule has 0 unspecified atom stereocenters. The van der Waals surface area contributed by atoms with Gasteiger partial charge in [-0.3, -0.25) is 0 Å². The fourth-order valence-corrected chi connectivity index (χ4v) is 4.40. The number of fused-ring (bicyclic) bond motifs is 3. The predicted molar refractivity (Wildman–Crippen MR) is 97.0 cm³/mol. The molecule has 2 aliphatic rings. The van der Waals surface area contributed by atoms with Crippen molar-refractivity contribution in [1.82, 2.24) is 0 Å². The number of nitrogens with one attached hydrogen (secondary N) is 1. The lowest BCUT2D eigenvalue weighted by atomic mass is 9.77. The molecule has 1 heterocycles. The van der Waals surface area contributed by atoms with E-state index in [0.717, 1.165) is 32.2 Å². The van der Waals surface area contributed by atoms with E-state index >= 15 is 0 Å². The van der Waals surface area contributed by atoms with Crippen LogP contribution in [0, 0.1) is 5.92 Å². The highest BCUT2D eigenvalue weighted by atomic mass is 79.9. The summed E-state index contributed by atoms with van der Waals surface area (Å²) in [5, 5.41) is 5.17. The van der Waals surface area contributed by atoms with Crippen LogP contribution in [0.4, 0.5) is 5.69 Å². The number of hydrogen-bond donors (Lipinski definition) is 1. The molecule has 1 N–H and O–H groups in total. The normalized spacial score (nSPS) is 25.5. The summed E-state index contributed by atoms with van der Waals surface area (Å²) < 4.78 is 1.09. The summed E-state index contributed by atoms with van der Waals surface area (Å²) >= 11 is 16.4. The van der Waals surface area contributed by atoms with Gasteiger partial charge in [-0.05, 0) is 42.2 Å². The molecule has 0 saturated heterocycles. The Morgan fingerprint density at radius 3 is 2.50 bits per heavy atom. The van der Waals surface area contributed by atoms with Crippen LogP contribution in [-0.2, 0) is 0 Å². The van der Waals surface area contributed by atoms with Crippen LogP contribution in [0.1, 0.15) is 29.5 Å². The van der Waals surface area contributed by atoms with Gasteiger partial charge in [-0.1, -0.05) is 63.4 Å². The molecule has 0 spiro atoms. The summed E-state index contributed by atoms with van der Waals surface area (Å²) in [5.41, 5.74) is 3.40. The molecule has 1 aliphatic heterocycles. The van der Waals surface area contributed by atoms with Crippen LogP contribution in [0.25, 0.3) is 0 Å². The van der Waals surface area contributed by atoms with Crippen molar-refractivity contribution in [1.29, 1.82) is 0 Å². The molecule has 1 aliphatic carbocycles. The maximum absolute atomic E-state index is 6.46. The highest BCUT2D eigenvalue weighted by molar-refractivity contribution is 9.10. The summed E-state index contributed by atoms with van der Waals surface area (Å²) in [6, 6.07) is 12.5. The largest absolute Gasteiger partial charge is 0.376 e. The van der Waals surface area contributed by atoms with E-state index in [4.69, 9.17) is 23.2 Å². The highest BCUT2D eigenvalue weighted by Gasteiger charge is 2.39. The van der Waals surface area contributed by atoms with Crippen molar-refractivity contribution in [3.8, 4) is 0 Å². The lowest BCUT2D eigenvalue weighted by molar-refractivity contribution is 0.425. The van der Waals surface area contributed by atoms with Gasteiger partial charge in [0, 0.05) is 21.0 Å². The Morgan fingerprint density at radius 1 is 1.00 bits per heavy atom. The SMILES string of the molecule is Clc1ccc(Cl)c2c1N[C@@H](c1ccc(Br)cc1)[C@H]1CC=C[C@@H]21. The van der Waals surface area contributed by atoms with Gasteiger partial charge in [-0.2, -0.15) is 0 Å². The second-order valence-electron chi connectivity index (χ2n) is 5.84. The van der Waals surface area contributed by atoms with Crippen molar-refractivity contribution in [3.63, 3.8) is 0 Å². The average Bonchev–Trinajstić information content (AvgIpc) is 3.00. The Bertz CT molecular complexity index is 754. The maximum Gasteiger partial charge on any atom is 0.0641 e. The predicted octanol–water partition coefficient (Wildman–Crippen LogP) is 6.58. The van der Waals surface area contributed by atoms with Crippen LogP contribution in [0.15, 0.2) is 53.0 Å². The third-order valence-electron chi connectivity index (χ3n) is 4.64. The van der Waals surface area contributed by atoms with E-state index in [1.54, 1.807) is 0 Å². The van der Waals surface area contributed by atoms with Crippen molar-refractivity contribution >= 4 is 44.8 Å². The number of hydrogen-bond acceptors (Lipinski definition) is 1. The smallest absolute Gasteiger partial charge is 0.0641 e. The van der Waals surface area contributed by atoms with E-state index in [1.807, 2.05) is 12.1 Å². The van der Waals surface area contributed by atoms with E-state index in [1.165, 1.54) is 5.56 Å². The molecular weight excluding hydrogens is 381 g/mol. The van der Waals surface area contributed by atoms with E-state index < -0.39 is 0 Å². The maximum atomic E-state index is 6.46. The van der Waals surface area contributed by atoms with E-state index in [-0.39, 0.29) is 6.04 Å². The van der Waals surface area contributed by atoms with Gasteiger partial charge < -0.3 is 5.32 Å². The molecule has 0 fully saturated rings. The molecule has 1 nitrogen and oxygen atoms in total. The molecule has 0 radical (unpaired) electrons. The quantitative estimate of drug-likeness (QED) is 0.538. The van der Waals surface area contributed by atoms with Crippen LogP contribution >= 0.6 is 39.1 Å². The van der Waals surface area contributed by atoms with Gasteiger partial charge in [0.25, 0.3) is 0 Å². The zero-order chi connectivity index (χ0) is 15.3. The standard InChI is InChI=1S/C18H14BrCl2N/c19-11-6-4-10(5-7-11)17-13-3-1-2-12(13)16-14(20)8-9-15(21)18(16)22-17/h1-2,4-9,12-13,17,22H,3H2/t12-,13+,17+/m1/s1. The summed E-state index contributed by atoms with van der Waals surface area (Å²) in [6.45, 7) is 0. The summed E-state index contributed by atoms with van der Waals surface area (Å²) in [5.74, 6) is 0.806. The van der Waals surface area contributed by atoms with Gasteiger partial charge in [-0.15, -0.1) is 0 Å². The zero-order valence-electron chi connectivity index (χ0n) is 11.7. The van der Waals surface area contributed by atoms with Crippen molar-refractivity contribution in [2.24, 2.45) is 5.92 Å². The number of allylic oxidation sites excluding steroid dienone is 2. The van der Waals surface area contributed by atoms with E-state index in [2.05, 4.69) is 57.7 Å². The second-order valence-corrected chi connectivity index (χ2v) is 7.58. The third-order valence-corrected chi connectivity index (χ3v) is 5.82. The molecule has 3 atom stereocenters. The zero-order valence-corrected chi connectivity index (χ0v) is 14.8. The van der Waals surface area contributed by atoms with Gasteiger partial charge in [0.05, 0.1) is 16.8 Å². The van der Waals surface area contributed by atoms with E-state index in [0.29, 0.717) is 11.8 Å². The van der Waals surface area contributed by atoms with Crippen LogP contribution in [0.2, 0.25) is 10.0 Å². The topological polar surface area (TPSA) is 12.0 Å². The molecule has 4 rings (SSSR count). The van der Waals surface area contributed by atoms with Crippen LogP contribution in [0.3, 0.4) is 0 Å². The molecule has 2 aromatic carbocycles. The van der Waals surface area contributed by atoms with Crippen molar-refractivity contribution in [2.45, 2.75) is 18.4 Å². The van der Waals surface area contributed by atoms with E-state index in [9.17, 15) is 0 Å². The molecule has 2 aromatic rings. The fraction of sp³-hybridized carbons (Fsp3) is 0.222. The molecule has 0 saturated carbocycles. The summed E-state index contributed by atoms with van der Waals surface area (Å²) in [4.78, 5) is 0. The van der Waals surface area contributed by atoms with Crippen LogP contribution < -0.4 is 5.32 Å². The van der Waals surface area contributed by atoms with Crippen molar-refractivity contribution < 1.29 is 0 Å². The number of benzene rings is 2. The second kappa shape index (κ2) is 5.59. The van der Waals surface area contributed by atoms with Crippen molar-refractivity contribution in [2.75, 3.05) is 5.32 Å². The number of halogens is 3. The number of rotatable bonds is 1. The first kappa shape index (κ1) is 14.6. The Hall–Kier alpha value is -0.960. The minimum Gasteiger partial charge on any atom is -0.376 e. The van der Waals surface area contributed by atoms with Crippen LogP contribution in [-0.4, -0.2) is 0 Å². The van der Waals surface area contributed by atoms with Crippen molar-refractivity contribution in [3.05, 3.63) is 74.2 Å². The molecule has 0 aromatic heterocycles. The summed E-state index contributed by atoms with van der Waals surface area (Å²) in [6.07, 6.45) is 5.59. The molecule has 22 heavy (non-hydrogen) atoms. The molecule has 112 valence electrons. The fourth-order valence-electron chi connectivity index (χ4n) is 3.63.